The number of hydrogen-bond donors (Lipinski definition) is 1. The Morgan fingerprint density at radius 3 is 2.71 bits per heavy atom. The van der Waals surface area contributed by atoms with Crippen molar-refractivity contribution in [2.45, 2.75) is 32.5 Å². The lowest BCUT2D eigenvalue weighted by molar-refractivity contribution is 0.286. The van der Waals surface area contributed by atoms with Gasteiger partial charge in [-0.1, -0.05) is 17.7 Å². The van der Waals surface area contributed by atoms with Crippen molar-refractivity contribution in [1.82, 2.24) is 19.8 Å². The highest BCUT2D eigenvalue weighted by Gasteiger charge is 2.41. The summed E-state index contributed by atoms with van der Waals surface area (Å²) < 4.78 is 13.5. The molecule has 1 saturated heterocycles. The molecular weight excluding hydrogens is 468 g/mol. The van der Waals surface area contributed by atoms with E-state index < -0.39 is 0 Å². The summed E-state index contributed by atoms with van der Waals surface area (Å²) in [5.41, 5.74) is 5.14. The summed E-state index contributed by atoms with van der Waals surface area (Å²) in [5, 5.41) is 4.83. The summed E-state index contributed by atoms with van der Waals surface area (Å²) in [6.07, 6.45) is 3.50. The second-order valence-electron chi connectivity index (χ2n) is 8.31. The largest absolute Gasteiger partial charge is 0.495 e. The zero-order chi connectivity index (χ0) is 23.8. The molecule has 4 aromatic rings. The monoisotopic (exact) mass is 492 g/mol. The minimum absolute atomic E-state index is 0.0855. The highest BCUT2D eigenvalue weighted by molar-refractivity contribution is 7.80. The van der Waals surface area contributed by atoms with Gasteiger partial charge in [0.25, 0.3) is 0 Å². The normalized spacial score (nSPS) is 17.8. The number of aromatic nitrogens is 2. The fraction of sp³-hybridized carbons (Fsp3) is 0.231. The number of methoxy groups -OCH3 is 1. The molecule has 1 aliphatic heterocycles. The Morgan fingerprint density at radius 2 is 2.00 bits per heavy atom. The smallest absolute Gasteiger partial charge is 0.170 e. The SMILES string of the molecule is COc1ccc(Cl)cc1-n1c(C)cc([C@@H]2[C@@H](c3ccccn3)NC(=S)N2Cc2ccco2)c1C. The maximum absolute atomic E-state index is 6.36. The Labute approximate surface area is 209 Å². The predicted molar refractivity (Wildman–Crippen MR) is 137 cm³/mol. The predicted octanol–water partition coefficient (Wildman–Crippen LogP) is 5.92. The van der Waals surface area contributed by atoms with E-state index in [1.807, 2.05) is 54.7 Å². The van der Waals surface area contributed by atoms with Crippen molar-refractivity contribution < 1.29 is 9.15 Å². The number of ether oxygens (including phenoxy) is 1. The van der Waals surface area contributed by atoms with E-state index in [-0.39, 0.29) is 12.1 Å². The Morgan fingerprint density at radius 1 is 1.15 bits per heavy atom. The van der Waals surface area contributed by atoms with E-state index >= 15 is 0 Å². The molecule has 3 aromatic heterocycles. The maximum Gasteiger partial charge on any atom is 0.170 e. The fourth-order valence-electron chi connectivity index (χ4n) is 4.78. The average Bonchev–Trinajstić information content (AvgIpc) is 3.53. The summed E-state index contributed by atoms with van der Waals surface area (Å²) in [6.45, 7) is 4.76. The Balaban J connectivity index is 1.65. The molecule has 1 fully saturated rings. The van der Waals surface area contributed by atoms with Gasteiger partial charge in [0.05, 0.1) is 43.4 Å². The van der Waals surface area contributed by atoms with Crippen LogP contribution in [-0.4, -0.2) is 26.7 Å². The number of nitrogens with zero attached hydrogens (tertiary/aromatic N) is 3. The number of benzene rings is 1. The molecule has 34 heavy (non-hydrogen) atoms. The van der Waals surface area contributed by atoms with Crippen molar-refractivity contribution >= 4 is 28.9 Å². The van der Waals surface area contributed by atoms with Gasteiger partial charge < -0.3 is 23.9 Å². The number of hydrogen-bond acceptors (Lipinski definition) is 4. The van der Waals surface area contributed by atoms with Crippen molar-refractivity contribution in [3.63, 3.8) is 0 Å². The zero-order valence-corrected chi connectivity index (χ0v) is 20.7. The van der Waals surface area contributed by atoms with Gasteiger partial charge in [0, 0.05) is 22.6 Å². The van der Waals surface area contributed by atoms with Crippen molar-refractivity contribution in [1.29, 1.82) is 0 Å². The fourth-order valence-corrected chi connectivity index (χ4v) is 5.25. The summed E-state index contributed by atoms with van der Waals surface area (Å²) in [6, 6.07) is 17.5. The van der Waals surface area contributed by atoms with Crippen LogP contribution in [0.4, 0.5) is 0 Å². The molecule has 1 aromatic carbocycles. The minimum Gasteiger partial charge on any atom is -0.495 e. The molecule has 0 aliphatic carbocycles. The van der Waals surface area contributed by atoms with Crippen LogP contribution in [0.25, 0.3) is 5.69 Å². The maximum atomic E-state index is 6.36. The van der Waals surface area contributed by atoms with E-state index in [0.29, 0.717) is 16.7 Å². The molecule has 6 nitrogen and oxygen atoms in total. The molecule has 4 heterocycles. The lowest BCUT2D eigenvalue weighted by Gasteiger charge is -2.27. The Hall–Kier alpha value is -3.29. The van der Waals surface area contributed by atoms with E-state index in [0.717, 1.165) is 39.8 Å². The van der Waals surface area contributed by atoms with Crippen LogP contribution in [0.5, 0.6) is 5.75 Å². The van der Waals surface area contributed by atoms with Gasteiger partial charge in [0.15, 0.2) is 5.11 Å². The number of pyridine rings is 1. The van der Waals surface area contributed by atoms with Gasteiger partial charge >= 0.3 is 0 Å². The lowest BCUT2D eigenvalue weighted by Crippen LogP contribution is -2.29. The van der Waals surface area contributed by atoms with Crippen molar-refractivity contribution in [3.05, 3.63) is 100 Å². The first-order chi connectivity index (χ1) is 16.5. The van der Waals surface area contributed by atoms with Crippen LogP contribution in [-0.2, 0) is 6.54 Å². The van der Waals surface area contributed by atoms with Gasteiger partial charge in [0.1, 0.15) is 11.5 Å². The third-order valence-corrected chi connectivity index (χ3v) is 6.86. The first kappa shape index (κ1) is 22.5. The van der Waals surface area contributed by atoms with Crippen LogP contribution in [0.2, 0.25) is 5.02 Å². The molecule has 0 saturated carbocycles. The van der Waals surface area contributed by atoms with Gasteiger partial charge in [0.2, 0.25) is 0 Å². The lowest BCUT2D eigenvalue weighted by atomic mass is 9.96. The molecule has 0 amide bonds. The summed E-state index contributed by atoms with van der Waals surface area (Å²) in [7, 11) is 1.67. The Bertz CT molecular complexity index is 1320. The minimum atomic E-state index is -0.112. The van der Waals surface area contributed by atoms with Crippen LogP contribution >= 0.6 is 23.8 Å². The van der Waals surface area contributed by atoms with Gasteiger partial charge in [-0.05, 0) is 80.2 Å². The number of rotatable bonds is 6. The van der Waals surface area contributed by atoms with Gasteiger partial charge in [-0.3, -0.25) is 4.98 Å². The first-order valence-corrected chi connectivity index (χ1v) is 11.8. The van der Waals surface area contributed by atoms with E-state index in [1.165, 1.54) is 0 Å². The number of aryl methyl sites for hydroxylation is 1. The van der Waals surface area contributed by atoms with Crippen molar-refractivity contribution in [2.24, 2.45) is 0 Å². The molecule has 174 valence electrons. The number of halogens is 1. The molecule has 0 spiro atoms. The van der Waals surface area contributed by atoms with Crippen LogP contribution in [0.3, 0.4) is 0 Å². The summed E-state index contributed by atoms with van der Waals surface area (Å²) in [4.78, 5) is 6.82. The molecule has 2 atom stereocenters. The molecule has 5 rings (SSSR count). The first-order valence-electron chi connectivity index (χ1n) is 11.0. The highest BCUT2D eigenvalue weighted by atomic mass is 35.5. The molecule has 1 aliphatic rings. The number of thiocarbonyl (C=S) groups is 1. The Kier molecular flexibility index (Phi) is 6.06. The molecular formula is C26H25ClN4O2S. The molecule has 0 radical (unpaired) electrons. The van der Waals surface area contributed by atoms with Crippen molar-refractivity contribution in [3.8, 4) is 11.4 Å². The molecule has 0 unspecified atom stereocenters. The van der Waals surface area contributed by atoms with Crippen LogP contribution < -0.4 is 10.1 Å². The van der Waals surface area contributed by atoms with Crippen LogP contribution in [0.1, 0.15) is 40.5 Å². The molecule has 8 heteroatoms. The second-order valence-corrected chi connectivity index (χ2v) is 9.14. The quantitative estimate of drug-likeness (QED) is 0.337. The van der Waals surface area contributed by atoms with Gasteiger partial charge in [-0.15, -0.1) is 0 Å². The van der Waals surface area contributed by atoms with Gasteiger partial charge in [-0.2, -0.15) is 0 Å². The third kappa shape index (κ3) is 3.95. The van der Waals surface area contributed by atoms with Crippen molar-refractivity contribution in [2.75, 3.05) is 7.11 Å². The molecule has 1 N–H and O–H groups in total. The van der Waals surface area contributed by atoms with Crippen LogP contribution in [0.15, 0.2) is 71.5 Å². The van der Waals surface area contributed by atoms with E-state index in [9.17, 15) is 0 Å². The average molecular weight is 493 g/mol. The van der Waals surface area contributed by atoms with E-state index in [2.05, 4.69) is 39.7 Å². The third-order valence-electron chi connectivity index (χ3n) is 6.27. The van der Waals surface area contributed by atoms with Crippen LogP contribution in [0, 0.1) is 13.8 Å². The van der Waals surface area contributed by atoms with Gasteiger partial charge in [-0.25, -0.2) is 0 Å². The topological polar surface area (TPSA) is 55.5 Å². The summed E-state index contributed by atoms with van der Waals surface area (Å²) in [5.74, 6) is 1.60. The summed E-state index contributed by atoms with van der Waals surface area (Å²) >= 11 is 12.2. The van der Waals surface area contributed by atoms with E-state index in [4.69, 9.17) is 33.0 Å². The number of nitrogens with one attached hydrogen (secondary N) is 1. The highest BCUT2D eigenvalue weighted by Crippen LogP contribution is 2.43. The zero-order valence-electron chi connectivity index (χ0n) is 19.2. The van der Waals surface area contributed by atoms with E-state index in [1.54, 1.807) is 13.4 Å². The second kappa shape index (κ2) is 9.16. The number of furan rings is 1. The standard InChI is InChI=1S/C26H25ClN4O2S/c1-16-13-20(17(2)31(16)22-14-18(27)9-10-23(22)32-3)25-24(21-8-4-5-11-28-21)29-26(34)30(25)15-19-7-6-12-33-19/h4-14,24-25H,15H2,1-3H3,(H,29,34)/t24-,25-/m1/s1. The molecule has 0 bridgehead atoms.